The summed E-state index contributed by atoms with van der Waals surface area (Å²) in [6, 6.07) is 5.93. The second-order valence-electron chi connectivity index (χ2n) is 9.53. The van der Waals surface area contributed by atoms with Crippen LogP contribution in [-0.4, -0.2) is 73.5 Å². The Balaban J connectivity index is 1.67. The highest BCUT2D eigenvalue weighted by atomic mass is 16.5. The molecule has 5 atom stereocenters. The van der Waals surface area contributed by atoms with E-state index in [1.54, 1.807) is 12.0 Å². The Hall–Kier alpha value is -2.65. The van der Waals surface area contributed by atoms with Crippen LogP contribution in [0.5, 0.6) is 5.75 Å². The van der Waals surface area contributed by atoms with E-state index < -0.39 is 18.1 Å². The highest BCUT2D eigenvalue weighted by Crippen LogP contribution is 2.34. The second-order valence-corrected chi connectivity index (χ2v) is 9.53. The fourth-order valence-electron chi connectivity index (χ4n) is 5.11. The van der Waals surface area contributed by atoms with Crippen molar-refractivity contribution in [1.29, 1.82) is 0 Å². The molecule has 2 saturated heterocycles. The normalized spacial score (nSPS) is 24.9. The summed E-state index contributed by atoms with van der Waals surface area (Å²) in [6.07, 6.45) is 4.25. The molecule has 2 aliphatic heterocycles. The van der Waals surface area contributed by atoms with E-state index in [9.17, 15) is 14.4 Å². The van der Waals surface area contributed by atoms with Crippen LogP contribution < -0.4 is 26.4 Å². The van der Waals surface area contributed by atoms with Gasteiger partial charge in [0.25, 0.3) is 0 Å². The van der Waals surface area contributed by atoms with Crippen molar-refractivity contribution < 1.29 is 19.1 Å². The SMILES string of the molecule is CCNC[C@H]1CC[C@H]2CC[C@@H](C(=O)NCCc3ccc(OC)cc3)N2C(=O)C1NC(=O)[C@@H](N)CC. The number of methoxy groups -OCH3 is 1. The predicted octanol–water partition coefficient (Wildman–Crippen LogP) is 0.955. The maximum absolute atomic E-state index is 13.8. The van der Waals surface area contributed by atoms with E-state index >= 15 is 0 Å². The van der Waals surface area contributed by atoms with E-state index in [0.29, 0.717) is 32.4 Å². The van der Waals surface area contributed by atoms with Crippen molar-refractivity contribution >= 4 is 17.7 Å². The molecule has 0 bridgehead atoms. The van der Waals surface area contributed by atoms with Gasteiger partial charge in [0.2, 0.25) is 17.7 Å². The largest absolute Gasteiger partial charge is 0.497 e. The van der Waals surface area contributed by atoms with Gasteiger partial charge in [0.15, 0.2) is 0 Å². The number of nitrogens with two attached hydrogens (primary N) is 1. The Morgan fingerprint density at radius 1 is 1.14 bits per heavy atom. The summed E-state index contributed by atoms with van der Waals surface area (Å²) < 4.78 is 5.19. The minimum atomic E-state index is -0.683. The molecule has 3 amide bonds. The molecule has 1 aromatic carbocycles. The van der Waals surface area contributed by atoms with E-state index in [2.05, 4.69) is 16.0 Å². The molecule has 2 fully saturated rings. The predicted molar refractivity (Wildman–Crippen MR) is 135 cm³/mol. The molecule has 0 saturated carbocycles. The zero-order valence-corrected chi connectivity index (χ0v) is 21.2. The third-order valence-electron chi connectivity index (χ3n) is 7.27. The van der Waals surface area contributed by atoms with Crippen molar-refractivity contribution in [3.8, 4) is 5.75 Å². The van der Waals surface area contributed by atoms with E-state index in [1.165, 1.54) is 0 Å². The molecule has 0 aliphatic carbocycles. The van der Waals surface area contributed by atoms with Crippen molar-refractivity contribution in [1.82, 2.24) is 20.9 Å². The quantitative estimate of drug-likeness (QED) is 0.368. The average Bonchev–Trinajstić information content (AvgIpc) is 3.26. The lowest BCUT2D eigenvalue weighted by molar-refractivity contribution is -0.143. The van der Waals surface area contributed by atoms with Gasteiger partial charge in [0.1, 0.15) is 17.8 Å². The van der Waals surface area contributed by atoms with Gasteiger partial charge in [-0.2, -0.15) is 0 Å². The van der Waals surface area contributed by atoms with Gasteiger partial charge in [0.05, 0.1) is 13.2 Å². The second kappa shape index (κ2) is 12.9. The Labute approximate surface area is 208 Å². The summed E-state index contributed by atoms with van der Waals surface area (Å²) in [5.41, 5.74) is 7.04. The Kier molecular flexibility index (Phi) is 9.92. The number of ether oxygens (including phenoxy) is 1. The number of hydrogen-bond donors (Lipinski definition) is 4. The van der Waals surface area contributed by atoms with Crippen LogP contribution >= 0.6 is 0 Å². The molecule has 1 aromatic rings. The zero-order valence-electron chi connectivity index (χ0n) is 21.2. The highest BCUT2D eigenvalue weighted by molar-refractivity contribution is 5.94. The van der Waals surface area contributed by atoms with Crippen LogP contribution in [0.1, 0.15) is 51.5 Å². The van der Waals surface area contributed by atoms with E-state index in [0.717, 1.165) is 37.1 Å². The molecule has 0 aromatic heterocycles. The van der Waals surface area contributed by atoms with Gasteiger partial charge >= 0.3 is 0 Å². The van der Waals surface area contributed by atoms with E-state index in [4.69, 9.17) is 10.5 Å². The average molecular weight is 488 g/mol. The monoisotopic (exact) mass is 487 g/mol. The number of carbonyl (C=O) groups excluding carboxylic acids is 3. The van der Waals surface area contributed by atoms with Crippen LogP contribution in [0.4, 0.5) is 0 Å². The number of nitrogens with one attached hydrogen (secondary N) is 3. The van der Waals surface area contributed by atoms with Gasteiger partial charge < -0.3 is 31.3 Å². The lowest BCUT2D eigenvalue weighted by Gasteiger charge is -2.32. The molecule has 0 spiro atoms. The number of hydrogen-bond acceptors (Lipinski definition) is 6. The lowest BCUT2D eigenvalue weighted by Crippen LogP contribution is -2.58. The zero-order chi connectivity index (χ0) is 25.4. The first-order valence-corrected chi connectivity index (χ1v) is 12.9. The summed E-state index contributed by atoms with van der Waals surface area (Å²) in [5.74, 6) is 0.142. The van der Waals surface area contributed by atoms with Crippen LogP contribution in [0.3, 0.4) is 0 Å². The van der Waals surface area contributed by atoms with Crippen LogP contribution in [-0.2, 0) is 20.8 Å². The summed E-state index contributed by atoms with van der Waals surface area (Å²) in [6.45, 7) is 5.77. The Morgan fingerprint density at radius 3 is 2.51 bits per heavy atom. The molecule has 1 unspecified atom stereocenters. The van der Waals surface area contributed by atoms with Crippen molar-refractivity contribution in [2.75, 3.05) is 26.7 Å². The molecule has 2 aliphatic rings. The van der Waals surface area contributed by atoms with Gasteiger partial charge in [-0.25, -0.2) is 0 Å². The number of amides is 3. The topological polar surface area (TPSA) is 126 Å². The first-order valence-electron chi connectivity index (χ1n) is 12.9. The van der Waals surface area contributed by atoms with Crippen molar-refractivity contribution in [3.05, 3.63) is 29.8 Å². The van der Waals surface area contributed by atoms with Gasteiger partial charge in [-0.1, -0.05) is 26.0 Å². The maximum Gasteiger partial charge on any atom is 0.246 e. The third kappa shape index (κ3) is 6.73. The summed E-state index contributed by atoms with van der Waals surface area (Å²) in [4.78, 5) is 41.3. The number of carbonyl (C=O) groups is 3. The molecule has 0 radical (unpaired) electrons. The van der Waals surface area contributed by atoms with Crippen molar-refractivity contribution in [3.63, 3.8) is 0 Å². The standard InChI is InChI=1S/C26H41N5O4/c1-4-21(27)24(32)30-23-18(16-28-5-2)8-9-19-10-13-22(31(19)26(23)34)25(33)29-15-14-17-6-11-20(35-3)12-7-17/h6-7,11-12,18-19,21-23,28H,4-5,8-10,13-16,27H2,1-3H3,(H,29,33)(H,30,32)/t18-,19+,21+,22+,23?/m1/s1. The molecule has 35 heavy (non-hydrogen) atoms. The van der Waals surface area contributed by atoms with Gasteiger partial charge in [-0.05, 0) is 62.8 Å². The third-order valence-corrected chi connectivity index (χ3v) is 7.27. The number of fused-ring (bicyclic) bond motifs is 1. The lowest BCUT2D eigenvalue weighted by atomic mass is 9.92. The van der Waals surface area contributed by atoms with Crippen LogP contribution in [0.25, 0.3) is 0 Å². The minimum Gasteiger partial charge on any atom is -0.497 e. The van der Waals surface area contributed by atoms with Crippen molar-refractivity contribution in [2.24, 2.45) is 11.7 Å². The van der Waals surface area contributed by atoms with Crippen molar-refractivity contribution in [2.45, 2.75) is 76.5 Å². The van der Waals surface area contributed by atoms with Crippen LogP contribution in [0.2, 0.25) is 0 Å². The maximum atomic E-state index is 13.8. The van der Waals surface area contributed by atoms with Gasteiger partial charge in [-0.3, -0.25) is 14.4 Å². The first-order chi connectivity index (χ1) is 16.9. The molecule has 2 heterocycles. The number of benzene rings is 1. The molecular formula is C26H41N5O4. The highest BCUT2D eigenvalue weighted by Gasteiger charge is 2.47. The van der Waals surface area contributed by atoms with Gasteiger partial charge in [0, 0.05) is 25.0 Å². The minimum absolute atomic E-state index is 0.0192. The van der Waals surface area contributed by atoms with Gasteiger partial charge in [-0.15, -0.1) is 0 Å². The Bertz CT molecular complexity index is 862. The molecule has 3 rings (SSSR count). The number of rotatable bonds is 11. The van der Waals surface area contributed by atoms with E-state index in [-0.39, 0.29) is 29.7 Å². The van der Waals surface area contributed by atoms with Crippen LogP contribution in [0.15, 0.2) is 24.3 Å². The summed E-state index contributed by atoms with van der Waals surface area (Å²) >= 11 is 0. The van der Waals surface area contributed by atoms with E-state index in [1.807, 2.05) is 38.1 Å². The Morgan fingerprint density at radius 2 is 1.86 bits per heavy atom. The number of nitrogens with zero attached hydrogens (tertiary/aromatic N) is 1. The van der Waals surface area contributed by atoms with Crippen LogP contribution in [0, 0.1) is 5.92 Å². The molecular weight excluding hydrogens is 446 g/mol. The molecule has 9 nitrogen and oxygen atoms in total. The molecule has 9 heteroatoms. The summed E-state index contributed by atoms with van der Waals surface area (Å²) in [5, 5.41) is 9.27. The first kappa shape index (κ1) is 26.9. The molecule has 194 valence electrons. The fraction of sp³-hybridized carbons (Fsp3) is 0.654. The smallest absolute Gasteiger partial charge is 0.246 e. The molecule has 5 N–H and O–H groups in total. The summed E-state index contributed by atoms with van der Waals surface area (Å²) in [7, 11) is 1.63. The fourth-order valence-corrected chi connectivity index (χ4v) is 5.11.